The number of anilines is 1. The van der Waals surface area contributed by atoms with Crippen LogP contribution in [0.25, 0.3) is 11.4 Å². The molecule has 2 aromatic carbocycles. The first-order chi connectivity index (χ1) is 18.7. The van der Waals surface area contributed by atoms with Crippen LogP contribution in [0.3, 0.4) is 0 Å². The average molecular weight is 569 g/mol. The number of aromatic nitrogens is 4. The van der Waals surface area contributed by atoms with E-state index in [-0.39, 0.29) is 46.9 Å². The number of aliphatic imine (C=N–C) groups is 1. The minimum atomic E-state index is -0.181. The van der Waals surface area contributed by atoms with E-state index in [1.165, 1.54) is 11.1 Å². The van der Waals surface area contributed by atoms with Gasteiger partial charge in [-0.05, 0) is 38.1 Å². The van der Waals surface area contributed by atoms with Gasteiger partial charge in [-0.2, -0.15) is 10.2 Å². The predicted octanol–water partition coefficient (Wildman–Crippen LogP) is 1.94. The van der Waals surface area contributed by atoms with Crippen molar-refractivity contribution in [3.05, 3.63) is 83.2 Å². The van der Waals surface area contributed by atoms with Gasteiger partial charge in [0.05, 0.1) is 22.8 Å². The van der Waals surface area contributed by atoms with E-state index in [2.05, 4.69) is 80.7 Å². The molecule has 0 saturated carbocycles. The van der Waals surface area contributed by atoms with Crippen LogP contribution >= 0.6 is 0 Å². The van der Waals surface area contributed by atoms with Gasteiger partial charge in [0.1, 0.15) is 5.82 Å². The molecule has 0 saturated heterocycles. The molecule has 0 atom stereocenters. The molecule has 0 radical (unpaired) electrons. The minimum absolute atomic E-state index is 0. The van der Waals surface area contributed by atoms with Gasteiger partial charge in [0, 0.05) is 23.0 Å². The predicted molar refractivity (Wildman–Crippen MR) is 153 cm³/mol. The fraction of sp³-hybridized carbons (Fsp3) is 0.333. The van der Waals surface area contributed by atoms with Crippen LogP contribution in [0.2, 0.25) is 0 Å². The number of aryl methyl sites for hydroxylation is 2. The summed E-state index contributed by atoms with van der Waals surface area (Å²) in [5, 5.41) is 17.5. The maximum atomic E-state index is 10.5. The first kappa shape index (κ1) is 35.5. The van der Waals surface area contributed by atoms with Crippen LogP contribution < -0.4 is 40.5 Å². The van der Waals surface area contributed by atoms with E-state index in [1.54, 1.807) is 15.4 Å². The van der Waals surface area contributed by atoms with Gasteiger partial charge in [0.2, 0.25) is 6.08 Å². The second-order valence-electron chi connectivity index (χ2n) is 11.2. The molecule has 10 nitrogen and oxygen atoms in total. The molecule has 11 heteroatoms. The summed E-state index contributed by atoms with van der Waals surface area (Å²) in [6.07, 6.45) is 1.58. The SMILES string of the molecule is Cc1ccc(-n2nc(C(C)(C)C)cc2N)cc1.Cc1ccc(-n2nc(C(C)(C)C)cc2N=C=O)cc1.O=CO[O-].[Na+]. The van der Waals surface area contributed by atoms with Gasteiger partial charge in [-0.1, -0.05) is 76.9 Å². The summed E-state index contributed by atoms with van der Waals surface area (Å²) in [4.78, 5) is 25.5. The molecule has 4 rings (SSSR count). The van der Waals surface area contributed by atoms with Gasteiger partial charge < -0.3 is 15.9 Å². The molecule has 2 aromatic heterocycles. The number of benzene rings is 2. The molecule has 2 heterocycles. The maximum absolute atomic E-state index is 10.5. The van der Waals surface area contributed by atoms with Gasteiger partial charge in [-0.3, -0.25) is 4.79 Å². The molecule has 0 fully saturated rings. The summed E-state index contributed by atoms with van der Waals surface area (Å²) in [5.74, 6) is 1.18. The third-order valence-electron chi connectivity index (χ3n) is 5.72. The molecule has 0 bridgehead atoms. The van der Waals surface area contributed by atoms with Crippen LogP contribution in [-0.2, 0) is 25.3 Å². The van der Waals surface area contributed by atoms with Crippen molar-refractivity contribution in [2.45, 2.75) is 66.2 Å². The van der Waals surface area contributed by atoms with E-state index < -0.39 is 0 Å². The number of rotatable bonds is 4. The summed E-state index contributed by atoms with van der Waals surface area (Å²) in [6.45, 7) is 16.5. The van der Waals surface area contributed by atoms with E-state index in [0.717, 1.165) is 22.8 Å². The van der Waals surface area contributed by atoms with Crippen molar-refractivity contribution in [3.63, 3.8) is 0 Å². The molecule has 0 amide bonds. The molecule has 212 valence electrons. The Morgan fingerprint density at radius 2 is 1.22 bits per heavy atom. The zero-order valence-electron chi connectivity index (χ0n) is 25.3. The van der Waals surface area contributed by atoms with Crippen LogP contribution in [0.15, 0.2) is 65.7 Å². The molecule has 2 N–H and O–H groups in total. The van der Waals surface area contributed by atoms with Gasteiger partial charge >= 0.3 is 29.6 Å². The normalized spacial score (nSPS) is 10.6. The first-order valence-electron chi connectivity index (χ1n) is 12.6. The fourth-order valence-electron chi connectivity index (χ4n) is 3.39. The Bertz CT molecular complexity index is 1440. The molecular weight excluding hydrogens is 531 g/mol. The van der Waals surface area contributed by atoms with Crippen LogP contribution in [0.1, 0.15) is 64.1 Å². The molecule has 0 spiro atoms. The molecular formula is C30H37N6NaO4. The van der Waals surface area contributed by atoms with E-state index >= 15 is 0 Å². The number of carbonyl (C=O) groups is 1. The fourth-order valence-corrected chi connectivity index (χ4v) is 3.39. The summed E-state index contributed by atoms with van der Waals surface area (Å²) in [7, 11) is 0. The summed E-state index contributed by atoms with van der Waals surface area (Å²) in [6, 6.07) is 19.9. The number of isocyanates is 1. The van der Waals surface area contributed by atoms with Crippen molar-refractivity contribution >= 4 is 24.2 Å². The summed E-state index contributed by atoms with van der Waals surface area (Å²) in [5.41, 5.74) is 12.1. The van der Waals surface area contributed by atoms with Gasteiger partial charge in [-0.15, -0.1) is 4.99 Å². The second-order valence-corrected chi connectivity index (χ2v) is 11.2. The summed E-state index contributed by atoms with van der Waals surface area (Å²) >= 11 is 0. The standard InChI is InChI=1S/C15H17N3O.C14H19N3.CH2O3.Na/c1-11-5-7-12(8-6-11)18-14(16-10-19)9-13(17-18)15(2,3)4;1-10-5-7-11(8-6-10)17-13(15)9-12(16-17)14(2,3)4;2-1-4-3;/h5-9H,1-4H3;5-9H,15H2,1-4H3;1,3H;/q;;;+1/p-1. The Balaban J connectivity index is 0.000000357. The first-order valence-corrected chi connectivity index (χ1v) is 12.6. The number of hydrogen-bond donors (Lipinski definition) is 1. The van der Waals surface area contributed by atoms with E-state index in [0.29, 0.717) is 11.6 Å². The van der Waals surface area contributed by atoms with Gasteiger partial charge in [-0.25, -0.2) is 14.2 Å². The number of carbonyl (C=O) groups excluding carboxylic acids is 2. The molecule has 0 unspecified atom stereocenters. The van der Waals surface area contributed by atoms with Crippen LogP contribution in [0, 0.1) is 13.8 Å². The smallest absolute Gasteiger partial charge is 0.662 e. The van der Waals surface area contributed by atoms with Crippen LogP contribution in [-0.4, -0.2) is 32.1 Å². The van der Waals surface area contributed by atoms with Gasteiger partial charge in [0.15, 0.2) is 5.82 Å². The maximum Gasteiger partial charge on any atom is 1.00 e. The largest absolute Gasteiger partial charge is 1.00 e. The van der Waals surface area contributed by atoms with Crippen LogP contribution in [0.5, 0.6) is 0 Å². The third-order valence-corrected chi connectivity index (χ3v) is 5.72. The average Bonchev–Trinajstić information content (AvgIpc) is 3.50. The van der Waals surface area contributed by atoms with E-state index in [9.17, 15) is 4.79 Å². The Kier molecular flexibility index (Phi) is 13.4. The molecule has 0 aliphatic heterocycles. The summed E-state index contributed by atoms with van der Waals surface area (Å²) < 4.78 is 3.46. The minimum Gasteiger partial charge on any atom is -0.662 e. The van der Waals surface area contributed by atoms with Crippen molar-refractivity contribution in [1.82, 2.24) is 19.6 Å². The topological polar surface area (TPSA) is 140 Å². The Labute approximate surface area is 263 Å². The third kappa shape index (κ3) is 10.4. The van der Waals surface area contributed by atoms with Crippen molar-refractivity contribution in [1.29, 1.82) is 0 Å². The van der Waals surface area contributed by atoms with E-state index in [1.807, 2.05) is 55.5 Å². The number of nitrogens with two attached hydrogens (primary N) is 1. The van der Waals surface area contributed by atoms with E-state index in [4.69, 9.17) is 15.8 Å². The Morgan fingerprint density at radius 1 is 0.829 bits per heavy atom. The number of nitrogens with zero attached hydrogens (tertiary/aromatic N) is 5. The molecule has 0 aliphatic rings. The van der Waals surface area contributed by atoms with Crippen LogP contribution in [0.4, 0.5) is 11.6 Å². The van der Waals surface area contributed by atoms with Crippen molar-refractivity contribution in [2.24, 2.45) is 4.99 Å². The number of hydrogen-bond acceptors (Lipinski definition) is 8. The quantitative estimate of drug-likeness (QED) is 0.0991. The van der Waals surface area contributed by atoms with Crippen molar-refractivity contribution in [2.75, 3.05) is 5.73 Å². The zero-order chi connectivity index (χ0) is 30.1. The Morgan fingerprint density at radius 3 is 1.59 bits per heavy atom. The molecule has 41 heavy (non-hydrogen) atoms. The zero-order valence-corrected chi connectivity index (χ0v) is 27.3. The number of nitrogen functional groups attached to an aromatic ring is 1. The van der Waals surface area contributed by atoms with Crippen molar-refractivity contribution in [3.8, 4) is 11.4 Å². The Hall–Kier alpha value is -3.53. The van der Waals surface area contributed by atoms with Gasteiger partial charge in [0.25, 0.3) is 6.47 Å². The molecule has 4 aromatic rings. The monoisotopic (exact) mass is 568 g/mol. The van der Waals surface area contributed by atoms with Crippen molar-refractivity contribution < 1.29 is 49.3 Å². The second kappa shape index (κ2) is 15.5. The molecule has 0 aliphatic carbocycles.